The average Bonchev–Trinajstić information content (AvgIpc) is 2.80. The van der Waals surface area contributed by atoms with Crippen LogP contribution >= 0.6 is 0 Å². The van der Waals surface area contributed by atoms with Crippen LogP contribution in [-0.2, 0) is 17.5 Å². The Morgan fingerprint density at radius 1 is 0.939 bits per heavy atom. The van der Waals surface area contributed by atoms with Crippen LogP contribution in [0.3, 0.4) is 0 Å². The molecule has 172 valence electrons. The number of nitrogens with one attached hydrogen (secondary N) is 1. The van der Waals surface area contributed by atoms with Gasteiger partial charge in [0.2, 0.25) is 5.91 Å². The molecule has 6 nitrogen and oxygen atoms in total. The van der Waals surface area contributed by atoms with E-state index in [1.807, 2.05) is 0 Å². The minimum Gasteiger partial charge on any atom is -0.339 e. The first kappa shape index (κ1) is 22.6. The predicted octanol–water partition coefficient (Wildman–Crippen LogP) is 4.29. The third-order valence-corrected chi connectivity index (χ3v) is 5.70. The monoisotopic (exact) mass is 457 g/mol. The Bertz CT molecular complexity index is 1260. The molecule has 0 spiro atoms. The number of alkyl halides is 3. The summed E-state index contributed by atoms with van der Waals surface area (Å²) in [7, 11) is 0. The summed E-state index contributed by atoms with van der Waals surface area (Å²) in [6.07, 6.45) is -1.77. The van der Waals surface area contributed by atoms with Gasteiger partial charge >= 0.3 is 6.18 Å². The Kier molecular flexibility index (Phi) is 6.22. The van der Waals surface area contributed by atoms with Crippen molar-refractivity contribution in [3.8, 4) is 0 Å². The van der Waals surface area contributed by atoms with E-state index in [1.54, 1.807) is 29.2 Å². The van der Waals surface area contributed by atoms with E-state index in [0.717, 1.165) is 36.0 Å². The van der Waals surface area contributed by atoms with E-state index in [2.05, 4.69) is 5.32 Å². The van der Waals surface area contributed by atoms with Crippen LogP contribution in [0.5, 0.6) is 0 Å². The van der Waals surface area contributed by atoms with E-state index in [9.17, 15) is 27.6 Å². The van der Waals surface area contributed by atoms with Crippen LogP contribution in [0.15, 0.2) is 59.4 Å². The fourth-order valence-electron chi connectivity index (χ4n) is 4.11. The minimum atomic E-state index is -4.64. The van der Waals surface area contributed by atoms with Crippen molar-refractivity contribution in [3.05, 3.63) is 76.1 Å². The number of amides is 2. The number of hydrogen-bond donors (Lipinski definition) is 1. The molecule has 1 aliphatic rings. The van der Waals surface area contributed by atoms with E-state index in [0.29, 0.717) is 24.0 Å². The molecule has 1 N–H and O–H groups in total. The Morgan fingerprint density at radius 3 is 2.33 bits per heavy atom. The predicted molar refractivity (Wildman–Crippen MR) is 118 cm³/mol. The molecule has 0 unspecified atom stereocenters. The molecule has 1 fully saturated rings. The van der Waals surface area contributed by atoms with Crippen molar-refractivity contribution in [2.75, 3.05) is 18.4 Å². The molecule has 2 aromatic carbocycles. The van der Waals surface area contributed by atoms with Crippen LogP contribution in [0.1, 0.15) is 35.2 Å². The summed E-state index contributed by atoms with van der Waals surface area (Å²) < 4.78 is 40.8. The van der Waals surface area contributed by atoms with Crippen molar-refractivity contribution >= 4 is 28.4 Å². The highest BCUT2D eigenvalue weighted by Gasteiger charge is 2.33. The second-order valence-electron chi connectivity index (χ2n) is 7.94. The fourth-order valence-corrected chi connectivity index (χ4v) is 4.11. The molecular formula is C24H22F3N3O3. The maximum absolute atomic E-state index is 13.2. The second kappa shape index (κ2) is 9.09. The quantitative estimate of drug-likeness (QED) is 0.636. The SMILES string of the molecule is O=C(Cn1c(=O)cc(C(=O)N2CCCCC2)c2ccccc21)Nc1ccccc1C(F)(F)F. The second-order valence-corrected chi connectivity index (χ2v) is 7.94. The molecule has 4 rings (SSSR count). The van der Waals surface area contributed by atoms with Gasteiger partial charge in [-0.05, 0) is 37.5 Å². The molecule has 9 heteroatoms. The third-order valence-electron chi connectivity index (χ3n) is 5.70. The number of carbonyl (C=O) groups excluding carboxylic acids is 2. The highest BCUT2D eigenvalue weighted by molar-refractivity contribution is 6.06. The maximum atomic E-state index is 13.2. The molecule has 2 heterocycles. The smallest absolute Gasteiger partial charge is 0.339 e. The zero-order valence-corrected chi connectivity index (χ0v) is 17.7. The van der Waals surface area contributed by atoms with E-state index in [4.69, 9.17) is 0 Å². The number of carbonyl (C=O) groups is 2. The van der Waals surface area contributed by atoms with Gasteiger partial charge in [0, 0.05) is 24.5 Å². The number of fused-ring (bicyclic) bond motifs is 1. The van der Waals surface area contributed by atoms with Crippen LogP contribution in [0.2, 0.25) is 0 Å². The number of para-hydroxylation sites is 2. The number of piperidine rings is 1. The molecule has 0 saturated carbocycles. The van der Waals surface area contributed by atoms with Crippen LogP contribution in [-0.4, -0.2) is 34.4 Å². The van der Waals surface area contributed by atoms with E-state index >= 15 is 0 Å². The lowest BCUT2D eigenvalue weighted by Crippen LogP contribution is -2.37. The number of anilines is 1. The summed E-state index contributed by atoms with van der Waals surface area (Å²) >= 11 is 0. The van der Waals surface area contributed by atoms with Gasteiger partial charge in [0.05, 0.1) is 22.3 Å². The van der Waals surface area contributed by atoms with Crippen molar-refractivity contribution in [1.82, 2.24) is 9.47 Å². The number of likely N-dealkylation sites (tertiary alicyclic amines) is 1. The van der Waals surface area contributed by atoms with Crippen molar-refractivity contribution in [3.63, 3.8) is 0 Å². The Hall–Kier alpha value is -3.62. The molecule has 2 amide bonds. The lowest BCUT2D eigenvalue weighted by atomic mass is 10.0. The van der Waals surface area contributed by atoms with E-state index in [1.165, 1.54) is 18.2 Å². The Labute approximate surface area is 187 Å². The Balaban J connectivity index is 1.66. The molecule has 1 aromatic heterocycles. The molecule has 0 aliphatic carbocycles. The number of halogens is 3. The molecule has 0 radical (unpaired) electrons. The standard InChI is InChI=1S/C24H22F3N3O3/c25-24(26,27)18-9-3-4-10-19(18)28-21(31)15-30-20-11-5-2-8-16(20)17(14-22(30)32)23(33)29-12-6-1-7-13-29/h2-5,8-11,14H,1,6-7,12-13,15H2,(H,28,31). The van der Waals surface area contributed by atoms with Gasteiger partial charge in [0.15, 0.2) is 0 Å². The largest absolute Gasteiger partial charge is 0.418 e. The van der Waals surface area contributed by atoms with Crippen molar-refractivity contribution in [1.29, 1.82) is 0 Å². The zero-order chi connectivity index (χ0) is 23.6. The normalized spacial score (nSPS) is 14.3. The van der Waals surface area contributed by atoms with Crippen LogP contribution in [0.25, 0.3) is 10.9 Å². The maximum Gasteiger partial charge on any atom is 0.418 e. The summed E-state index contributed by atoms with van der Waals surface area (Å²) in [6, 6.07) is 12.5. The lowest BCUT2D eigenvalue weighted by molar-refractivity contribution is -0.137. The summed E-state index contributed by atoms with van der Waals surface area (Å²) in [5.74, 6) is -1.02. The molecule has 0 atom stereocenters. The van der Waals surface area contributed by atoms with Crippen molar-refractivity contribution in [2.45, 2.75) is 32.0 Å². The first-order chi connectivity index (χ1) is 15.8. The number of nitrogens with zero attached hydrogens (tertiary/aromatic N) is 2. The molecule has 3 aromatic rings. The molecule has 1 aliphatic heterocycles. The van der Waals surface area contributed by atoms with Crippen LogP contribution < -0.4 is 10.9 Å². The minimum absolute atomic E-state index is 0.237. The van der Waals surface area contributed by atoms with Gasteiger partial charge in [-0.2, -0.15) is 13.2 Å². The molecule has 0 bridgehead atoms. The number of pyridine rings is 1. The van der Waals surface area contributed by atoms with Gasteiger partial charge in [-0.3, -0.25) is 19.0 Å². The van der Waals surface area contributed by atoms with Gasteiger partial charge in [-0.25, -0.2) is 0 Å². The van der Waals surface area contributed by atoms with Gasteiger partial charge in [0.1, 0.15) is 6.54 Å². The van der Waals surface area contributed by atoms with Gasteiger partial charge in [0.25, 0.3) is 11.5 Å². The topological polar surface area (TPSA) is 71.4 Å². The van der Waals surface area contributed by atoms with E-state index in [-0.39, 0.29) is 17.2 Å². The van der Waals surface area contributed by atoms with Gasteiger partial charge in [-0.15, -0.1) is 0 Å². The zero-order valence-electron chi connectivity index (χ0n) is 17.7. The van der Waals surface area contributed by atoms with Crippen LogP contribution in [0, 0.1) is 0 Å². The Morgan fingerprint density at radius 2 is 1.61 bits per heavy atom. The number of rotatable bonds is 4. The first-order valence-corrected chi connectivity index (χ1v) is 10.6. The van der Waals surface area contributed by atoms with Crippen molar-refractivity contribution < 1.29 is 22.8 Å². The van der Waals surface area contributed by atoms with Crippen LogP contribution in [0.4, 0.5) is 18.9 Å². The lowest BCUT2D eigenvalue weighted by Gasteiger charge is -2.27. The summed E-state index contributed by atoms with van der Waals surface area (Å²) in [5.41, 5.74) is -1.31. The number of benzene rings is 2. The van der Waals surface area contributed by atoms with Gasteiger partial charge in [-0.1, -0.05) is 30.3 Å². The summed E-state index contributed by atoms with van der Waals surface area (Å²) in [5, 5.41) is 2.76. The highest BCUT2D eigenvalue weighted by atomic mass is 19.4. The number of aromatic nitrogens is 1. The fraction of sp³-hybridized carbons (Fsp3) is 0.292. The van der Waals surface area contributed by atoms with Crippen molar-refractivity contribution in [2.24, 2.45) is 0 Å². The third kappa shape index (κ3) is 4.76. The molecule has 1 saturated heterocycles. The first-order valence-electron chi connectivity index (χ1n) is 10.6. The molecular weight excluding hydrogens is 435 g/mol. The molecule has 33 heavy (non-hydrogen) atoms. The highest BCUT2D eigenvalue weighted by Crippen LogP contribution is 2.34. The summed E-state index contributed by atoms with van der Waals surface area (Å²) in [6.45, 7) is 0.748. The average molecular weight is 457 g/mol. The van der Waals surface area contributed by atoms with Gasteiger partial charge < -0.3 is 10.2 Å². The summed E-state index contributed by atoms with van der Waals surface area (Å²) in [4.78, 5) is 40.3. The number of hydrogen-bond acceptors (Lipinski definition) is 3. The van der Waals surface area contributed by atoms with E-state index < -0.39 is 29.8 Å².